The standard InChI is InChI=1S/C10H8F11NO/c1-2-4(5(22)23)3-6(11,12)7(13,14)8(15,16)9(17,18)10(19,20)21/h3H,2H2,1H3,(H2,22,23). The molecule has 0 heterocycles. The first-order valence-corrected chi connectivity index (χ1v) is 5.46. The summed E-state index contributed by atoms with van der Waals surface area (Å²) in [5.41, 5.74) is 3.10. The van der Waals surface area contributed by atoms with Crippen molar-refractivity contribution in [2.75, 3.05) is 0 Å². The first-order valence-electron chi connectivity index (χ1n) is 5.46. The molecule has 0 bridgehead atoms. The molecule has 0 aromatic heterocycles. The van der Waals surface area contributed by atoms with Crippen molar-refractivity contribution in [3.8, 4) is 0 Å². The summed E-state index contributed by atoms with van der Waals surface area (Å²) in [6.07, 6.45) is -9.17. The second kappa shape index (κ2) is 5.82. The number of hydrogen-bond donors (Lipinski definition) is 1. The van der Waals surface area contributed by atoms with E-state index < -0.39 is 53.8 Å². The predicted molar refractivity (Wildman–Crippen MR) is 53.4 cm³/mol. The molecule has 0 rings (SSSR count). The molecule has 0 aliphatic carbocycles. The lowest BCUT2D eigenvalue weighted by molar-refractivity contribution is -0.417. The van der Waals surface area contributed by atoms with Crippen LogP contribution in [-0.2, 0) is 4.79 Å². The zero-order chi connectivity index (χ0) is 19.1. The lowest BCUT2D eigenvalue weighted by atomic mass is 9.96. The minimum atomic E-state index is -7.51. The summed E-state index contributed by atoms with van der Waals surface area (Å²) in [5, 5.41) is 0. The second-order valence-electron chi connectivity index (χ2n) is 4.23. The van der Waals surface area contributed by atoms with E-state index in [0.29, 0.717) is 0 Å². The number of carbonyl (C=O) groups is 1. The largest absolute Gasteiger partial charge is 0.460 e. The summed E-state index contributed by atoms with van der Waals surface area (Å²) in [4.78, 5) is 10.6. The van der Waals surface area contributed by atoms with Gasteiger partial charge in [0.25, 0.3) is 0 Å². The molecule has 13 heteroatoms. The zero-order valence-electron chi connectivity index (χ0n) is 10.9. The third kappa shape index (κ3) is 3.37. The van der Waals surface area contributed by atoms with Crippen molar-refractivity contribution in [2.24, 2.45) is 5.73 Å². The summed E-state index contributed by atoms with van der Waals surface area (Å²) in [6.45, 7) is 0.896. The number of rotatable bonds is 6. The van der Waals surface area contributed by atoms with Crippen LogP contribution in [0.25, 0.3) is 0 Å². The maximum absolute atomic E-state index is 13.2. The number of amides is 1. The van der Waals surface area contributed by atoms with E-state index in [4.69, 9.17) is 0 Å². The molecule has 2 nitrogen and oxygen atoms in total. The molecule has 0 saturated carbocycles. The van der Waals surface area contributed by atoms with E-state index in [1.807, 2.05) is 0 Å². The van der Waals surface area contributed by atoms with Crippen LogP contribution in [0.4, 0.5) is 48.3 Å². The summed E-state index contributed by atoms with van der Waals surface area (Å²) in [7, 11) is 0. The van der Waals surface area contributed by atoms with E-state index in [1.165, 1.54) is 0 Å². The summed E-state index contributed by atoms with van der Waals surface area (Å²) in [5.74, 6) is -30.1. The first-order chi connectivity index (χ1) is 9.87. The Morgan fingerprint density at radius 3 is 1.48 bits per heavy atom. The first kappa shape index (κ1) is 21.4. The van der Waals surface area contributed by atoms with Crippen molar-refractivity contribution in [3.05, 3.63) is 11.6 Å². The number of nitrogens with two attached hydrogens (primary N) is 1. The topological polar surface area (TPSA) is 43.1 Å². The molecule has 0 spiro atoms. The van der Waals surface area contributed by atoms with Crippen molar-refractivity contribution in [1.29, 1.82) is 0 Å². The van der Waals surface area contributed by atoms with Crippen LogP contribution in [-0.4, -0.2) is 35.8 Å². The van der Waals surface area contributed by atoms with E-state index in [2.05, 4.69) is 5.73 Å². The van der Waals surface area contributed by atoms with Crippen LogP contribution >= 0.6 is 0 Å². The average molecular weight is 367 g/mol. The van der Waals surface area contributed by atoms with E-state index >= 15 is 0 Å². The minimum Gasteiger partial charge on any atom is -0.366 e. The van der Waals surface area contributed by atoms with Crippen LogP contribution < -0.4 is 5.73 Å². The molecule has 136 valence electrons. The Hall–Kier alpha value is -1.56. The molecular formula is C10H8F11NO. The Labute approximate surface area is 121 Å². The van der Waals surface area contributed by atoms with Gasteiger partial charge in [0.15, 0.2) is 0 Å². The van der Waals surface area contributed by atoms with Crippen LogP contribution in [0.2, 0.25) is 0 Å². The Morgan fingerprint density at radius 2 is 1.22 bits per heavy atom. The van der Waals surface area contributed by atoms with Gasteiger partial charge in [-0.25, -0.2) is 0 Å². The van der Waals surface area contributed by atoms with Gasteiger partial charge in [0.1, 0.15) is 0 Å². The highest BCUT2D eigenvalue weighted by Crippen LogP contribution is 2.57. The molecular weight excluding hydrogens is 359 g/mol. The van der Waals surface area contributed by atoms with E-state index in [9.17, 15) is 53.1 Å². The van der Waals surface area contributed by atoms with E-state index in [1.54, 1.807) is 0 Å². The lowest BCUT2D eigenvalue weighted by Crippen LogP contribution is -2.66. The van der Waals surface area contributed by atoms with Gasteiger partial charge in [-0.15, -0.1) is 0 Å². The Balaban J connectivity index is 6.19. The average Bonchev–Trinajstić information content (AvgIpc) is 2.33. The van der Waals surface area contributed by atoms with Gasteiger partial charge in [-0.1, -0.05) is 6.92 Å². The van der Waals surface area contributed by atoms with Crippen molar-refractivity contribution in [2.45, 2.75) is 43.2 Å². The smallest absolute Gasteiger partial charge is 0.366 e. The predicted octanol–water partition coefficient (Wildman–Crippen LogP) is 3.91. The monoisotopic (exact) mass is 367 g/mol. The molecule has 0 unspecified atom stereocenters. The number of allylic oxidation sites excluding steroid dienone is 1. The molecule has 1 amide bonds. The highest BCUT2D eigenvalue weighted by Gasteiger charge is 2.86. The van der Waals surface area contributed by atoms with Crippen molar-refractivity contribution < 1.29 is 53.1 Å². The Bertz CT molecular complexity index is 492. The van der Waals surface area contributed by atoms with Gasteiger partial charge in [-0.05, 0) is 12.5 Å². The zero-order valence-corrected chi connectivity index (χ0v) is 10.9. The SMILES string of the molecule is CCC(=CC(F)(F)C(F)(F)C(F)(F)C(F)(F)C(F)(F)F)C(N)=O. The quantitative estimate of drug-likeness (QED) is 0.562. The van der Waals surface area contributed by atoms with Crippen LogP contribution in [0.15, 0.2) is 11.6 Å². The summed E-state index contributed by atoms with van der Waals surface area (Å²) < 4.78 is 139. The van der Waals surface area contributed by atoms with Crippen molar-refractivity contribution >= 4 is 5.91 Å². The van der Waals surface area contributed by atoms with E-state index in [-0.39, 0.29) is 0 Å². The molecule has 2 N–H and O–H groups in total. The molecule has 0 aliphatic heterocycles. The second-order valence-corrected chi connectivity index (χ2v) is 4.23. The number of primary amides is 1. The van der Waals surface area contributed by atoms with Crippen LogP contribution in [0.1, 0.15) is 13.3 Å². The van der Waals surface area contributed by atoms with Gasteiger partial charge in [0.2, 0.25) is 5.91 Å². The van der Waals surface area contributed by atoms with Crippen LogP contribution in [0.5, 0.6) is 0 Å². The highest BCUT2D eigenvalue weighted by molar-refractivity contribution is 5.92. The number of alkyl halides is 11. The third-order valence-corrected chi connectivity index (χ3v) is 2.62. The molecule has 0 saturated heterocycles. The fourth-order valence-electron chi connectivity index (χ4n) is 1.24. The van der Waals surface area contributed by atoms with Gasteiger partial charge in [0, 0.05) is 5.57 Å². The van der Waals surface area contributed by atoms with Crippen LogP contribution in [0, 0.1) is 0 Å². The summed E-state index contributed by atoms with van der Waals surface area (Å²) >= 11 is 0. The molecule has 0 aromatic carbocycles. The third-order valence-electron chi connectivity index (χ3n) is 2.62. The number of hydrogen-bond acceptors (Lipinski definition) is 1. The van der Waals surface area contributed by atoms with Gasteiger partial charge in [-0.3, -0.25) is 4.79 Å². The molecule has 23 heavy (non-hydrogen) atoms. The molecule has 0 atom stereocenters. The van der Waals surface area contributed by atoms with Gasteiger partial charge in [-0.2, -0.15) is 48.3 Å². The maximum atomic E-state index is 13.2. The highest BCUT2D eigenvalue weighted by atomic mass is 19.4. The maximum Gasteiger partial charge on any atom is 0.460 e. The Kier molecular flexibility index (Phi) is 5.42. The molecule has 0 radical (unpaired) electrons. The van der Waals surface area contributed by atoms with Crippen LogP contribution in [0.3, 0.4) is 0 Å². The minimum absolute atomic E-state index is 0.789. The van der Waals surface area contributed by atoms with Gasteiger partial charge in [0.05, 0.1) is 0 Å². The lowest BCUT2D eigenvalue weighted by Gasteiger charge is -2.36. The van der Waals surface area contributed by atoms with Crippen molar-refractivity contribution in [1.82, 2.24) is 0 Å². The Morgan fingerprint density at radius 1 is 0.826 bits per heavy atom. The molecule has 0 aromatic rings. The number of halogens is 11. The normalized spacial score (nSPS) is 15.7. The molecule has 0 fully saturated rings. The number of carbonyl (C=O) groups excluding carboxylic acids is 1. The van der Waals surface area contributed by atoms with Gasteiger partial charge < -0.3 is 5.73 Å². The fourth-order valence-corrected chi connectivity index (χ4v) is 1.24. The van der Waals surface area contributed by atoms with Crippen molar-refractivity contribution in [3.63, 3.8) is 0 Å². The molecule has 0 aliphatic rings. The van der Waals surface area contributed by atoms with E-state index in [0.717, 1.165) is 6.92 Å². The fraction of sp³-hybridized carbons (Fsp3) is 0.700. The summed E-state index contributed by atoms with van der Waals surface area (Å²) in [6, 6.07) is 0. The van der Waals surface area contributed by atoms with Gasteiger partial charge >= 0.3 is 29.9 Å².